The maximum Gasteiger partial charge on any atom is 0.116 e. The second-order valence-electron chi connectivity index (χ2n) is 5.30. The average molecular weight is 233 g/mol. The summed E-state index contributed by atoms with van der Waals surface area (Å²) in [5.41, 5.74) is 1.02. The molecule has 3 nitrogen and oxygen atoms in total. The first kappa shape index (κ1) is 12.0. The van der Waals surface area contributed by atoms with Crippen molar-refractivity contribution in [3.8, 4) is 5.75 Å². The molecule has 0 amide bonds. The standard InChI is InChI=1S/C14H19NO2/c1-9(2)15-12-6-5-11(16)7-10(12)8-13(15)14(3,4)17/h5-9,16-17H,1-4H3. The van der Waals surface area contributed by atoms with Gasteiger partial charge >= 0.3 is 0 Å². The molecule has 0 aliphatic heterocycles. The van der Waals surface area contributed by atoms with Gasteiger partial charge in [-0.25, -0.2) is 0 Å². The lowest BCUT2D eigenvalue weighted by Crippen LogP contribution is -2.21. The predicted molar refractivity (Wildman–Crippen MR) is 69.2 cm³/mol. The van der Waals surface area contributed by atoms with Gasteiger partial charge in [0.25, 0.3) is 0 Å². The quantitative estimate of drug-likeness (QED) is 0.837. The Balaban J connectivity index is 2.80. The summed E-state index contributed by atoms with van der Waals surface area (Å²) >= 11 is 0. The van der Waals surface area contributed by atoms with Crippen molar-refractivity contribution in [2.75, 3.05) is 0 Å². The fraction of sp³-hybridized carbons (Fsp3) is 0.429. The molecular weight excluding hydrogens is 214 g/mol. The predicted octanol–water partition coefficient (Wildman–Crippen LogP) is 3.16. The molecule has 2 rings (SSSR count). The zero-order valence-corrected chi connectivity index (χ0v) is 10.7. The number of phenolic OH excluding ortho intramolecular Hbond substituents is 1. The first-order valence-electron chi connectivity index (χ1n) is 5.87. The lowest BCUT2D eigenvalue weighted by Gasteiger charge is -2.23. The molecule has 1 aromatic carbocycles. The van der Waals surface area contributed by atoms with Gasteiger partial charge in [0.2, 0.25) is 0 Å². The molecule has 3 heteroatoms. The Morgan fingerprint density at radius 1 is 1.18 bits per heavy atom. The van der Waals surface area contributed by atoms with E-state index >= 15 is 0 Å². The third-order valence-corrected chi connectivity index (χ3v) is 2.97. The van der Waals surface area contributed by atoms with Gasteiger partial charge in [-0.1, -0.05) is 0 Å². The second kappa shape index (κ2) is 3.77. The highest BCUT2D eigenvalue weighted by atomic mass is 16.3. The van der Waals surface area contributed by atoms with Crippen molar-refractivity contribution in [1.82, 2.24) is 4.57 Å². The number of hydrogen-bond acceptors (Lipinski definition) is 2. The van der Waals surface area contributed by atoms with E-state index in [1.54, 1.807) is 26.0 Å². The number of aromatic hydroxyl groups is 1. The van der Waals surface area contributed by atoms with Crippen LogP contribution in [0.25, 0.3) is 10.9 Å². The van der Waals surface area contributed by atoms with Crippen LogP contribution in [0.4, 0.5) is 0 Å². The number of nitrogens with zero attached hydrogens (tertiary/aromatic N) is 1. The molecule has 0 unspecified atom stereocenters. The molecule has 2 aromatic rings. The molecule has 0 spiro atoms. The van der Waals surface area contributed by atoms with E-state index in [9.17, 15) is 10.2 Å². The highest BCUT2D eigenvalue weighted by Crippen LogP contribution is 2.32. The Kier molecular flexibility index (Phi) is 2.66. The number of phenols is 1. The minimum atomic E-state index is -0.890. The van der Waals surface area contributed by atoms with Crippen LogP contribution >= 0.6 is 0 Å². The second-order valence-corrected chi connectivity index (χ2v) is 5.30. The van der Waals surface area contributed by atoms with Crippen molar-refractivity contribution in [2.24, 2.45) is 0 Å². The fourth-order valence-electron chi connectivity index (χ4n) is 2.25. The molecule has 0 saturated carbocycles. The third kappa shape index (κ3) is 2.03. The van der Waals surface area contributed by atoms with Gasteiger partial charge in [-0.2, -0.15) is 0 Å². The van der Waals surface area contributed by atoms with E-state index in [2.05, 4.69) is 18.4 Å². The van der Waals surface area contributed by atoms with Crippen LogP contribution in [0.2, 0.25) is 0 Å². The van der Waals surface area contributed by atoms with E-state index < -0.39 is 5.60 Å². The van der Waals surface area contributed by atoms with Crippen molar-refractivity contribution >= 4 is 10.9 Å². The van der Waals surface area contributed by atoms with E-state index in [-0.39, 0.29) is 11.8 Å². The van der Waals surface area contributed by atoms with Crippen LogP contribution in [0.1, 0.15) is 39.4 Å². The Morgan fingerprint density at radius 3 is 2.35 bits per heavy atom. The molecule has 0 atom stereocenters. The van der Waals surface area contributed by atoms with E-state index in [1.165, 1.54) is 0 Å². The largest absolute Gasteiger partial charge is 0.508 e. The van der Waals surface area contributed by atoms with E-state index in [4.69, 9.17) is 0 Å². The minimum Gasteiger partial charge on any atom is -0.508 e. The van der Waals surface area contributed by atoms with Gasteiger partial charge in [0, 0.05) is 16.9 Å². The number of aromatic nitrogens is 1. The van der Waals surface area contributed by atoms with Crippen LogP contribution in [0.3, 0.4) is 0 Å². The molecule has 92 valence electrons. The van der Waals surface area contributed by atoms with Gasteiger partial charge in [-0.15, -0.1) is 0 Å². The highest BCUT2D eigenvalue weighted by molar-refractivity contribution is 5.83. The maximum atomic E-state index is 10.2. The normalized spacial score (nSPS) is 12.6. The summed E-state index contributed by atoms with van der Waals surface area (Å²) in [6.45, 7) is 7.73. The van der Waals surface area contributed by atoms with Crippen LogP contribution in [0.5, 0.6) is 5.75 Å². The smallest absolute Gasteiger partial charge is 0.116 e. The number of hydrogen-bond donors (Lipinski definition) is 2. The number of aliphatic hydroxyl groups is 1. The molecule has 0 aliphatic rings. The molecule has 17 heavy (non-hydrogen) atoms. The van der Waals surface area contributed by atoms with Crippen LogP contribution in [0, 0.1) is 0 Å². The summed E-state index contributed by atoms with van der Waals surface area (Å²) in [4.78, 5) is 0. The lowest BCUT2D eigenvalue weighted by atomic mass is 10.1. The molecule has 0 aliphatic carbocycles. The maximum absolute atomic E-state index is 10.2. The van der Waals surface area contributed by atoms with Gasteiger partial charge in [-0.05, 0) is 52.0 Å². The Hall–Kier alpha value is -1.48. The lowest BCUT2D eigenvalue weighted by molar-refractivity contribution is 0.0691. The molecular formula is C14H19NO2. The zero-order chi connectivity index (χ0) is 12.8. The highest BCUT2D eigenvalue weighted by Gasteiger charge is 2.23. The Morgan fingerprint density at radius 2 is 1.82 bits per heavy atom. The van der Waals surface area contributed by atoms with Gasteiger partial charge < -0.3 is 14.8 Å². The first-order valence-corrected chi connectivity index (χ1v) is 5.87. The van der Waals surface area contributed by atoms with E-state index in [0.29, 0.717) is 0 Å². The van der Waals surface area contributed by atoms with Crippen molar-refractivity contribution in [3.05, 3.63) is 30.0 Å². The number of benzene rings is 1. The number of rotatable bonds is 2. The van der Waals surface area contributed by atoms with Crippen LogP contribution in [0.15, 0.2) is 24.3 Å². The number of fused-ring (bicyclic) bond motifs is 1. The van der Waals surface area contributed by atoms with Crippen LogP contribution < -0.4 is 0 Å². The molecule has 0 bridgehead atoms. The summed E-state index contributed by atoms with van der Waals surface area (Å²) in [7, 11) is 0. The molecule has 2 N–H and O–H groups in total. The summed E-state index contributed by atoms with van der Waals surface area (Å²) in [6.07, 6.45) is 0. The molecule has 1 aromatic heterocycles. The zero-order valence-electron chi connectivity index (χ0n) is 10.7. The third-order valence-electron chi connectivity index (χ3n) is 2.97. The van der Waals surface area contributed by atoms with Gasteiger partial charge in [0.1, 0.15) is 5.75 Å². The van der Waals surface area contributed by atoms with Crippen molar-refractivity contribution in [2.45, 2.75) is 39.3 Å². The Bertz CT molecular complexity index is 547. The van der Waals surface area contributed by atoms with Crippen molar-refractivity contribution in [1.29, 1.82) is 0 Å². The van der Waals surface area contributed by atoms with Crippen LogP contribution in [-0.2, 0) is 5.60 Å². The van der Waals surface area contributed by atoms with Crippen molar-refractivity contribution in [3.63, 3.8) is 0 Å². The fourth-order valence-corrected chi connectivity index (χ4v) is 2.25. The van der Waals surface area contributed by atoms with Gasteiger partial charge in [0.15, 0.2) is 0 Å². The summed E-state index contributed by atoms with van der Waals surface area (Å²) in [5.74, 6) is 0.251. The molecule has 0 saturated heterocycles. The Labute approximate surface area is 101 Å². The summed E-state index contributed by atoms with van der Waals surface area (Å²) in [5, 5.41) is 20.7. The average Bonchev–Trinajstić information content (AvgIpc) is 2.55. The topological polar surface area (TPSA) is 45.4 Å². The molecule has 0 fully saturated rings. The molecule has 1 heterocycles. The minimum absolute atomic E-state index is 0.251. The van der Waals surface area contributed by atoms with Crippen molar-refractivity contribution < 1.29 is 10.2 Å². The first-order chi connectivity index (χ1) is 7.80. The van der Waals surface area contributed by atoms with Gasteiger partial charge in [-0.3, -0.25) is 0 Å². The SMILES string of the molecule is CC(C)n1c(C(C)(C)O)cc2cc(O)ccc21. The van der Waals surface area contributed by atoms with Gasteiger partial charge in [0.05, 0.1) is 11.3 Å². The summed E-state index contributed by atoms with van der Waals surface area (Å²) in [6, 6.07) is 7.49. The van der Waals surface area contributed by atoms with Crippen LogP contribution in [-0.4, -0.2) is 14.8 Å². The summed E-state index contributed by atoms with van der Waals surface area (Å²) < 4.78 is 2.11. The van der Waals surface area contributed by atoms with E-state index in [0.717, 1.165) is 16.6 Å². The molecule has 0 radical (unpaired) electrons. The monoisotopic (exact) mass is 233 g/mol. The van der Waals surface area contributed by atoms with E-state index in [1.807, 2.05) is 12.1 Å².